The molecule has 6 atom stereocenters. The van der Waals surface area contributed by atoms with Crippen LogP contribution in [-0.2, 0) is 19.0 Å². The second-order valence-corrected chi connectivity index (χ2v) is 8.02. The van der Waals surface area contributed by atoms with Gasteiger partial charge in [0.2, 0.25) is 0 Å². The predicted octanol–water partition coefficient (Wildman–Crippen LogP) is 3.32. The maximum Gasteiger partial charge on any atom is 0.303 e. The normalized spacial score (nSPS) is 39.4. The molecule has 0 aromatic carbocycles. The van der Waals surface area contributed by atoms with Gasteiger partial charge in [-0.2, -0.15) is 0 Å². The first kappa shape index (κ1) is 17.5. The van der Waals surface area contributed by atoms with E-state index in [0.717, 1.165) is 25.9 Å². The van der Waals surface area contributed by atoms with E-state index in [-0.39, 0.29) is 18.6 Å². The number of rotatable bonds is 10. The summed E-state index contributed by atoms with van der Waals surface area (Å²) in [4.78, 5) is 10.5. The number of aliphatic carboxylic acids is 1. The molecule has 3 heterocycles. The zero-order valence-electron chi connectivity index (χ0n) is 14.8. The van der Waals surface area contributed by atoms with E-state index in [2.05, 4.69) is 12.2 Å². The number of hydrogen-bond acceptors (Lipinski definition) is 4. The first-order chi connectivity index (χ1) is 12.2. The summed E-state index contributed by atoms with van der Waals surface area (Å²) >= 11 is 0. The lowest BCUT2D eigenvalue weighted by Crippen LogP contribution is -2.33. The maximum atomic E-state index is 10.5. The van der Waals surface area contributed by atoms with Gasteiger partial charge in [0.25, 0.3) is 0 Å². The highest BCUT2D eigenvalue weighted by Gasteiger charge is 2.68. The number of carbonyl (C=O) groups is 1. The first-order valence-corrected chi connectivity index (χ1v) is 10.0. The van der Waals surface area contributed by atoms with Crippen LogP contribution < -0.4 is 0 Å². The molecule has 0 unspecified atom stereocenters. The summed E-state index contributed by atoms with van der Waals surface area (Å²) in [6, 6.07) is 0. The SMILES string of the molecule is O=C(O)CCCC=CC[C@H]1[C@@H](CCOC2CCCC2)[C@@H]2O[C@H]1[C@@H]1O[C@@H]12. The van der Waals surface area contributed by atoms with Gasteiger partial charge >= 0.3 is 5.97 Å². The number of fused-ring (bicyclic) bond motifs is 5. The Hall–Kier alpha value is -0.910. The highest BCUT2D eigenvalue weighted by atomic mass is 16.7. The van der Waals surface area contributed by atoms with E-state index in [9.17, 15) is 4.79 Å². The Kier molecular flexibility index (Phi) is 5.44. The molecular formula is C20H30O5. The number of allylic oxidation sites excluding steroid dienone is 2. The molecule has 0 radical (unpaired) electrons. The van der Waals surface area contributed by atoms with Crippen LogP contribution in [0.4, 0.5) is 0 Å². The van der Waals surface area contributed by atoms with E-state index in [4.69, 9.17) is 19.3 Å². The van der Waals surface area contributed by atoms with Gasteiger partial charge in [-0.05, 0) is 50.4 Å². The number of unbranched alkanes of at least 4 members (excludes halogenated alkanes) is 1. The summed E-state index contributed by atoms with van der Waals surface area (Å²) in [5, 5.41) is 8.68. The largest absolute Gasteiger partial charge is 0.481 e. The number of ether oxygens (including phenoxy) is 3. The summed E-state index contributed by atoms with van der Waals surface area (Å²) in [6.07, 6.45) is 15.0. The standard InChI is InChI=1S/C20H30O5/c21-16(22)10-4-2-1-3-9-14-15(11-12-23-13-7-5-6-8-13)18-20-19(25-20)17(14)24-18/h1,3,13-15,17-20H,2,4-12H2,(H,21,22)/t14-,15+,17+,18-,19-,20+/m0/s1. The lowest BCUT2D eigenvalue weighted by atomic mass is 9.76. The minimum absolute atomic E-state index is 0.250. The summed E-state index contributed by atoms with van der Waals surface area (Å²) in [7, 11) is 0. The Bertz CT molecular complexity index is 498. The molecule has 5 heteroatoms. The number of carboxylic acid groups (broad SMARTS) is 1. The van der Waals surface area contributed by atoms with Gasteiger partial charge < -0.3 is 19.3 Å². The molecule has 3 saturated heterocycles. The predicted molar refractivity (Wildman–Crippen MR) is 92.4 cm³/mol. The van der Waals surface area contributed by atoms with Crippen LogP contribution >= 0.6 is 0 Å². The fraction of sp³-hybridized carbons (Fsp3) is 0.850. The van der Waals surface area contributed by atoms with E-state index in [0.29, 0.717) is 36.6 Å². The van der Waals surface area contributed by atoms with Crippen molar-refractivity contribution in [3.05, 3.63) is 12.2 Å². The molecule has 4 rings (SSSR count). The van der Waals surface area contributed by atoms with Crippen LogP contribution in [0.1, 0.15) is 57.8 Å². The van der Waals surface area contributed by atoms with Crippen molar-refractivity contribution >= 4 is 5.97 Å². The van der Waals surface area contributed by atoms with E-state index < -0.39 is 5.97 Å². The summed E-state index contributed by atoms with van der Waals surface area (Å²) < 4.78 is 18.1. The molecule has 0 aromatic heterocycles. The molecular weight excluding hydrogens is 320 g/mol. The lowest BCUT2D eigenvalue weighted by molar-refractivity contribution is -0.137. The zero-order chi connectivity index (χ0) is 17.2. The van der Waals surface area contributed by atoms with Crippen LogP contribution in [0.3, 0.4) is 0 Å². The summed E-state index contributed by atoms with van der Waals surface area (Å²) in [5.41, 5.74) is 0. The van der Waals surface area contributed by atoms with Gasteiger partial charge in [0.05, 0.1) is 18.3 Å². The Morgan fingerprint density at radius 1 is 1.04 bits per heavy atom. The smallest absolute Gasteiger partial charge is 0.303 e. The molecule has 0 spiro atoms. The van der Waals surface area contributed by atoms with Crippen molar-refractivity contribution in [2.24, 2.45) is 11.8 Å². The van der Waals surface area contributed by atoms with Crippen LogP contribution in [-0.4, -0.2) is 48.2 Å². The van der Waals surface area contributed by atoms with Crippen LogP contribution in [0.2, 0.25) is 0 Å². The average molecular weight is 350 g/mol. The van der Waals surface area contributed by atoms with Crippen molar-refractivity contribution < 1.29 is 24.1 Å². The highest BCUT2D eigenvalue weighted by molar-refractivity contribution is 5.66. The number of hydrogen-bond donors (Lipinski definition) is 1. The summed E-state index contributed by atoms with van der Waals surface area (Å²) in [6.45, 7) is 0.845. The fourth-order valence-electron chi connectivity index (χ4n) is 5.03. The van der Waals surface area contributed by atoms with Crippen LogP contribution in [0.5, 0.6) is 0 Å². The first-order valence-electron chi connectivity index (χ1n) is 10.0. The van der Waals surface area contributed by atoms with E-state index in [1.165, 1.54) is 25.7 Å². The molecule has 0 amide bonds. The molecule has 4 fully saturated rings. The molecule has 2 bridgehead atoms. The number of carboxylic acids is 1. The molecule has 1 N–H and O–H groups in total. The minimum Gasteiger partial charge on any atom is -0.481 e. The van der Waals surface area contributed by atoms with Crippen molar-refractivity contribution in [3.63, 3.8) is 0 Å². The van der Waals surface area contributed by atoms with Gasteiger partial charge in [0.1, 0.15) is 12.2 Å². The lowest BCUT2D eigenvalue weighted by Gasteiger charge is -2.25. The number of epoxide rings is 1. The van der Waals surface area contributed by atoms with Crippen molar-refractivity contribution in [1.29, 1.82) is 0 Å². The molecule has 1 aliphatic carbocycles. The molecule has 1 saturated carbocycles. The second-order valence-electron chi connectivity index (χ2n) is 8.02. The quantitative estimate of drug-likeness (QED) is 0.372. The van der Waals surface area contributed by atoms with Crippen LogP contribution in [0.25, 0.3) is 0 Å². The Labute approximate surface area is 149 Å². The van der Waals surface area contributed by atoms with Crippen LogP contribution in [0.15, 0.2) is 12.2 Å². The second kappa shape index (κ2) is 7.77. The minimum atomic E-state index is -0.714. The van der Waals surface area contributed by atoms with Gasteiger partial charge in [0.15, 0.2) is 0 Å². The van der Waals surface area contributed by atoms with Gasteiger partial charge in [-0.3, -0.25) is 4.79 Å². The van der Waals surface area contributed by atoms with Crippen molar-refractivity contribution in [3.8, 4) is 0 Å². The highest BCUT2D eigenvalue weighted by Crippen LogP contribution is 2.55. The Morgan fingerprint density at radius 3 is 2.52 bits per heavy atom. The third kappa shape index (κ3) is 3.93. The molecule has 140 valence electrons. The molecule has 4 aliphatic rings. The molecule has 25 heavy (non-hydrogen) atoms. The van der Waals surface area contributed by atoms with Crippen molar-refractivity contribution in [2.45, 2.75) is 88.3 Å². The van der Waals surface area contributed by atoms with Gasteiger partial charge in [-0.15, -0.1) is 0 Å². The third-order valence-electron chi connectivity index (χ3n) is 6.36. The van der Waals surface area contributed by atoms with Gasteiger partial charge in [-0.1, -0.05) is 25.0 Å². The zero-order valence-corrected chi connectivity index (χ0v) is 14.8. The van der Waals surface area contributed by atoms with Crippen molar-refractivity contribution in [1.82, 2.24) is 0 Å². The van der Waals surface area contributed by atoms with E-state index >= 15 is 0 Å². The molecule has 0 aromatic rings. The molecule has 3 aliphatic heterocycles. The van der Waals surface area contributed by atoms with Gasteiger partial charge in [0, 0.05) is 13.0 Å². The topological polar surface area (TPSA) is 68.3 Å². The van der Waals surface area contributed by atoms with E-state index in [1.54, 1.807) is 0 Å². The van der Waals surface area contributed by atoms with Crippen molar-refractivity contribution in [2.75, 3.05) is 6.61 Å². The third-order valence-corrected chi connectivity index (χ3v) is 6.36. The Balaban J connectivity index is 1.23. The fourth-order valence-corrected chi connectivity index (χ4v) is 5.03. The van der Waals surface area contributed by atoms with Gasteiger partial charge in [-0.25, -0.2) is 0 Å². The monoisotopic (exact) mass is 350 g/mol. The summed E-state index contributed by atoms with van der Waals surface area (Å²) in [5.74, 6) is 0.352. The van der Waals surface area contributed by atoms with E-state index in [1.807, 2.05) is 0 Å². The average Bonchev–Trinajstić information content (AvgIpc) is 2.94. The van der Waals surface area contributed by atoms with Crippen LogP contribution in [0, 0.1) is 11.8 Å². The maximum absolute atomic E-state index is 10.5. The molecule has 5 nitrogen and oxygen atoms in total. The Morgan fingerprint density at radius 2 is 1.76 bits per heavy atom.